The maximum Gasteiger partial charge on any atom is 0.309 e. The van der Waals surface area contributed by atoms with Crippen LogP contribution in [-0.2, 0) is 20.7 Å². The second kappa shape index (κ2) is 6.22. The maximum absolute atomic E-state index is 11.1. The Kier molecular flexibility index (Phi) is 4.39. The highest BCUT2D eigenvalue weighted by molar-refractivity contribution is 5.78. The summed E-state index contributed by atoms with van der Waals surface area (Å²) in [5, 5.41) is 2.84. The molecule has 0 saturated carbocycles. The lowest BCUT2D eigenvalue weighted by Gasteiger charge is -2.12. The van der Waals surface area contributed by atoms with Gasteiger partial charge in [0.2, 0.25) is 5.91 Å². The molecule has 0 bridgehead atoms. The lowest BCUT2D eigenvalue weighted by Crippen LogP contribution is -2.30. The molecule has 1 unspecified atom stereocenters. The highest BCUT2D eigenvalue weighted by atomic mass is 16.5. The maximum atomic E-state index is 11.1. The summed E-state index contributed by atoms with van der Waals surface area (Å²) in [7, 11) is 1.37. The Morgan fingerprint density at radius 2 is 2.11 bits per heavy atom. The smallest absolute Gasteiger partial charge is 0.309 e. The summed E-state index contributed by atoms with van der Waals surface area (Å²) < 4.78 is 10.2. The van der Waals surface area contributed by atoms with Crippen molar-refractivity contribution in [2.75, 3.05) is 13.7 Å². The van der Waals surface area contributed by atoms with Gasteiger partial charge in [-0.15, -0.1) is 0 Å². The Bertz CT molecular complexity index is 455. The molecule has 1 aliphatic heterocycles. The van der Waals surface area contributed by atoms with Gasteiger partial charge in [-0.2, -0.15) is 0 Å². The first-order valence-electron chi connectivity index (χ1n) is 6.25. The third-order valence-corrected chi connectivity index (χ3v) is 3.04. The van der Waals surface area contributed by atoms with E-state index in [1.54, 1.807) is 0 Å². The van der Waals surface area contributed by atoms with Gasteiger partial charge in [0.25, 0.3) is 0 Å². The molecule has 0 spiro atoms. The molecule has 1 saturated heterocycles. The molecule has 2 rings (SSSR count). The molecule has 1 atom stereocenters. The quantitative estimate of drug-likeness (QED) is 0.807. The first-order chi connectivity index (χ1) is 9.17. The van der Waals surface area contributed by atoms with Crippen LogP contribution >= 0.6 is 0 Å². The summed E-state index contributed by atoms with van der Waals surface area (Å²) >= 11 is 0. The number of nitrogens with one attached hydrogen (secondary N) is 1. The van der Waals surface area contributed by atoms with Crippen LogP contribution in [0.15, 0.2) is 24.3 Å². The van der Waals surface area contributed by atoms with E-state index in [0.29, 0.717) is 13.0 Å². The Labute approximate surface area is 111 Å². The van der Waals surface area contributed by atoms with Crippen LogP contribution in [0, 0.1) is 0 Å². The molecule has 102 valence electrons. The zero-order chi connectivity index (χ0) is 13.7. The third kappa shape index (κ3) is 3.98. The number of hydrogen-bond acceptors (Lipinski definition) is 4. The second-order valence-corrected chi connectivity index (χ2v) is 4.51. The summed E-state index contributed by atoms with van der Waals surface area (Å²) in [4.78, 5) is 22.1. The third-order valence-electron chi connectivity index (χ3n) is 3.04. The van der Waals surface area contributed by atoms with Crippen LogP contribution in [0.1, 0.15) is 18.4 Å². The molecule has 1 aliphatic rings. The largest absolute Gasteiger partial charge is 0.491 e. The van der Waals surface area contributed by atoms with Gasteiger partial charge in [0.05, 0.1) is 19.6 Å². The van der Waals surface area contributed by atoms with Crippen LogP contribution in [0.2, 0.25) is 0 Å². The minimum absolute atomic E-state index is 0.0852. The van der Waals surface area contributed by atoms with Crippen LogP contribution in [0.5, 0.6) is 5.75 Å². The Morgan fingerprint density at radius 1 is 1.37 bits per heavy atom. The summed E-state index contributed by atoms with van der Waals surface area (Å²) in [6, 6.07) is 7.39. The molecule has 19 heavy (non-hydrogen) atoms. The number of hydrogen-bond donors (Lipinski definition) is 1. The van der Waals surface area contributed by atoms with E-state index in [9.17, 15) is 9.59 Å². The average Bonchev–Trinajstić information content (AvgIpc) is 2.83. The second-order valence-electron chi connectivity index (χ2n) is 4.51. The van der Waals surface area contributed by atoms with Gasteiger partial charge in [-0.05, 0) is 24.1 Å². The number of carbonyl (C=O) groups excluding carboxylic acids is 2. The van der Waals surface area contributed by atoms with Gasteiger partial charge < -0.3 is 14.8 Å². The summed E-state index contributed by atoms with van der Waals surface area (Å²) in [6.45, 7) is 0.474. The molecule has 0 radical (unpaired) electrons. The summed E-state index contributed by atoms with van der Waals surface area (Å²) in [6.07, 6.45) is 1.65. The van der Waals surface area contributed by atoms with E-state index in [1.165, 1.54) is 7.11 Å². The van der Waals surface area contributed by atoms with Gasteiger partial charge in [-0.3, -0.25) is 9.59 Å². The zero-order valence-electron chi connectivity index (χ0n) is 10.8. The number of methoxy groups -OCH3 is 1. The van der Waals surface area contributed by atoms with Crippen molar-refractivity contribution in [3.05, 3.63) is 29.8 Å². The number of ether oxygens (including phenoxy) is 2. The molecule has 1 N–H and O–H groups in total. The van der Waals surface area contributed by atoms with Crippen LogP contribution in [-0.4, -0.2) is 31.6 Å². The predicted molar refractivity (Wildman–Crippen MR) is 68.8 cm³/mol. The van der Waals surface area contributed by atoms with E-state index < -0.39 is 0 Å². The molecule has 1 fully saturated rings. The Hall–Kier alpha value is -2.04. The molecule has 5 heteroatoms. The van der Waals surface area contributed by atoms with Gasteiger partial charge >= 0.3 is 5.97 Å². The summed E-state index contributed by atoms with van der Waals surface area (Å²) in [5.74, 6) is 0.555. The van der Waals surface area contributed by atoms with Crippen molar-refractivity contribution in [2.45, 2.75) is 25.3 Å². The normalized spacial score (nSPS) is 17.9. The van der Waals surface area contributed by atoms with Crippen molar-refractivity contribution in [1.82, 2.24) is 5.32 Å². The van der Waals surface area contributed by atoms with Crippen LogP contribution in [0.25, 0.3) is 0 Å². The fourth-order valence-electron chi connectivity index (χ4n) is 1.94. The molecule has 1 heterocycles. The SMILES string of the molecule is COC(=O)Cc1ccc(OCC2CCC(=O)N2)cc1. The van der Waals surface area contributed by atoms with Gasteiger partial charge in [0.1, 0.15) is 12.4 Å². The molecular weight excluding hydrogens is 246 g/mol. The number of carbonyl (C=O) groups is 2. The van der Waals surface area contributed by atoms with Crippen molar-refractivity contribution in [1.29, 1.82) is 0 Å². The molecule has 1 amide bonds. The topological polar surface area (TPSA) is 64.6 Å². The number of benzene rings is 1. The predicted octanol–water partition coefficient (Wildman–Crippen LogP) is 1.06. The number of amides is 1. The lowest BCUT2D eigenvalue weighted by molar-refractivity contribution is -0.139. The fourth-order valence-corrected chi connectivity index (χ4v) is 1.94. The van der Waals surface area contributed by atoms with Crippen molar-refractivity contribution in [3.63, 3.8) is 0 Å². The molecule has 1 aromatic carbocycles. The zero-order valence-corrected chi connectivity index (χ0v) is 10.8. The molecule has 5 nitrogen and oxygen atoms in total. The van der Waals surface area contributed by atoms with E-state index in [1.807, 2.05) is 24.3 Å². The van der Waals surface area contributed by atoms with Crippen molar-refractivity contribution < 1.29 is 19.1 Å². The highest BCUT2D eigenvalue weighted by Crippen LogP contribution is 2.15. The lowest BCUT2D eigenvalue weighted by atomic mass is 10.1. The van der Waals surface area contributed by atoms with E-state index in [4.69, 9.17) is 4.74 Å². The average molecular weight is 263 g/mol. The molecule has 0 aliphatic carbocycles. The summed E-state index contributed by atoms with van der Waals surface area (Å²) in [5.41, 5.74) is 0.883. The first kappa shape index (κ1) is 13.4. The minimum atomic E-state index is -0.262. The van der Waals surface area contributed by atoms with Crippen LogP contribution < -0.4 is 10.1 Å². The van der Waals surface area contributed by atoms with E-state index >= 15 is 0 Å². The highest BCUT2D eigenvalue weighted by Gasteiger charge is 2.20. The standard InChI is InChI=1S/C14H17NO4/c1-18-14(17)8-10-2-5-12(6-3-10)19-9-11-4-7-13(16)15-11/h2-3,5-6,11H,4,7-9H2,1H3,(H,15,16). The molecule has 0 aromatic heterocycles. The van der Waals surface area contributed by atoms with Gasteiger partial charge in [0, 0.05) is 6.42 Å². The van der Waals surface area contributed by atoms with E-state index in [0.717, 1.165) is 17.7 Å². The van der Waals surface area contributed by atoms with Crippen LogP contribution in [0.3, 0.4) is 0 Å². The first-order valence-corrected chi connectivity index (χ1v) is 6.25. The fraction of sp³-hybridized carbons (Fsp3) is 0.429. The van der Waals surface area contributed by atoms with Gasteiger partial charge in [-0.25, -0.2) is 0 Å². The number of esters is 1. The van der Waals surface area contributed by atoms with Crippen molar-refractivity contribution in [3.8, 4) is 5.75 Å². The van der Waals surface area contributed by atoms with Crippen molar-refractivity contribution >= 4 is 11.9 Å². The Morgan fingerprint density at radius 3 is 2.68 bits per heavy atom. The monoisotopic (exact) mass is 263 g/mol. The van der Waals surface area contributed by atoms with E-state index in [-0.39, 0.29) is 24.3 Å². The van der Waals surface area contributed by atoms with E-state index in [2.05, 4.69) is 10.1 Å². The minimum Gasteiger partial charge on any atom is -0.491 e. The number of rotatable bonds is 5. The van der Waals surface area contributed by atoms with Crippen LogP contribution in [0.4, 0.5) is 0 Å². The Balaban J connectivity index is 1.81. The molecular formula is C14H17NO4. The van der Waals surface area contributed by atoms with Crippen molar-refractivity contribution in [2.24, 2.45) is 0 Å². The van der Waals surface area contributed by atoms with Gasteiger partial charge in [-0.1, -0.05) is 12.1 Å². The molecule has 1 aromatic rings. The van der Waals surface area contributed by atoms with Gasteiger partial charge in [0.15, 0.2) is 0 Å².